The van der Waals surface area contributed by atoms with Gasteiger partial charge in [0.25, 0.3) is 5.71 Å². The Kier molecular flexibility index (Phi) is 4.94. The molecule has 3 heterocycles. The van der Waals surface area contributed by atoms with E-state index in [1.165, 1.54) is 6.33 Å². The number of aryl methyl sites for hydroxylation is 1. The van der Waals surface area contributed by atoms with Crippen molar-refractivity contribution in [3.63, 3.8) is 0 Å². The Bertz CT molecular complexity index is 974. The van der Waals surface area contributed by atoms with Gasteiger partial charge in [-0.05, 0) is 31.4 Å². The zero-order valence-corrected chi connectivity index (χ0v) is 15.7. The molecule has 1 aromatic carbocycles. The molecule has 0 aliphatic carbocycles. The molecule has 1 fully saturated rings. The highest BCUT2D eigenvalue weighted by Gasteiger charge is 2.28. The lowest BCUT2D eigenvalue weighted by molar-refractivity contribution is -0.125. The first-order chi connectivity index (χ1) is 13.1. The fraction of sp³-hybridized carbons (Fsp3) is 0.368. The van der Waals surface area contributed by atoms with Gasteiger partial charge in [0.2, 0.25) is 5.91 Å². The number of nitrogens with zero attached hydrogens (tertiary/aromatic N) is 4. The molecular formula is C19H20ClN5O2. The van der Waals surface area contributed by atoms with Crippen molar-refractivity contribution in [2.24, 2.45) is 5.92 Å². The van der Waals surface area contributed by atoms with E-state index in [4.69, 9.17) is 16.1 Å². The minimum absolute atomic E-state index is 0.0342. The van der Waals surface area contributed by atoms with Gasteiger partial charge in [-0.25, -0.2) is 4.98 Å². The van der Waals surface area contributed by atoms with Gasteiger partial charge in [-0.2, -0.15) is 4.98 Å². The highest BCUT2D eigenvalue weighted by molar-refractivity contribution is 6.31. The summed E-state index contributed by atoms with van der Waals surface area (Å²) in [6, 6.07) is 7.54. The first-order valence-electron chi connectivity index (χ1n) is 8.96. The van der Waals surface area contributed by atoms with Crippen molar-refractivity contribution in [3.05, 3.63) is 46.9 Å². The molecule has 7 nitrogen and oxygen atoms in total. The molecule has 1 aliphatic rings. The van der Waals surface area contributed by atoms with Crippen molar-refractivity contribution in [1.29, 1.82) is 0 Å². The van der Waals surface area contributed by atoms with Gasteiger partial charge >= 0.3 is 0 Å². The molecule has 1 aliphatic heterocycles. The second-order valence-electron chi connectivity index (χ2n) is 6.74. The topological polar surface area (TPSA) is 84.2 Å². The van der Waals surface area contributed by atoms with Crippen LogP contribution >= 0.6 is 11.6 Å². The predicted molar refractivity (Wildman–Crippen MR) is 103 cm³/mol. The lowest BCUT2D eigenvalue weighted by Gasteiger charge is -2.33. The Morgan fingerprint density at radius 2 is 2.22 bits per heavy atom. The number of benzene rings is 1. The van der Waals surface area contributed by atoms with Crippen LogP contribution in [-0.4, -0.2) is 34.1 Å². The number of carbonyl (C=O) groups is 1. The molecular weight excluding hydrogens is 366 g/mol. The van der Waals surface area contributed by atoms with E-state index in [2.05, 4.69) is 25.3 Å². The van der Waals surface area contributed by atoms with Gasteiger partial charge in [0.1, 0.15) is 17.5 Å². The number of nitrogens with one attached hydrogen (secondary N) is 1. The van der Waals surface area contributed by atoms with E-state index in [0.717, 1.165) is 41.8 Å². The Morgan fingerprint density at radius 3 is 3.07 bits per heavy atom. The van der Waals surface area contributed by atoms with Crippen LogP contribution in [0.25, 0.3) is 11.1 Å². The number of amides is 1. The zero-order chi connectivity index (χ0) is 18.8. The second-order valence-corrected chi connectivity index (χ2v) is 7.15. The van der Waals surface area contributed by atoms with E-state index in [-0.39, 0.29) is 11.8 Å². The third kappa shape index (κ3) is 3.60. The largest absolute Gasteiger partial charge is 0.355 e. The number of anilines is 1. The molecule has 0 saturated carbocycles. The van der Waals surface area contributed by atoms with Crippen LogP contribution in [0.1, 0.15) is 24.1 Å². The van der Waals surface area contributed by atoms with Crippen LogP contribution in [0.3, 0.4) is 0 Å². The smallest absolute Gasteiger partial charge is 0.263 e. The summed E-state index contributed by atoms with van der Waals surface area (Å²) in [7, 11) is 0. The van der Waals surface area contributed by atoms with Gasteiger partial charge in [0, 0.05) is 24.7 Å². The molecule has 0 spiro atoms. The van der Waals surface area contributed by atoms with Crippen LogP contribution in [0, 0.1) is 12.8 Å². The van der Waals surface area contributed by atoms with E-state index in [0.29, 0.717) is 23.8 Å². The van der Waals surface area contributed by atoms with Crippen LogP contribution in [-0.2, 0) is 11.3 Å². The average Bonchev–Trinajstić information content (AvgIpc) is 3.08. The molecule has 1 atom stereocenters. The van der Waals surface area contributed by atoms with E-state index < -0.39 is 0 Å². The molecule has 3 aromatic rings. The number of piperidine rings is 1. The maximum atomic E-state index is 12.7. The third-order valence-corrected chi connectivity index (χ3v) is 5.29. The van der Waals surface area contributed by atoms with Crippen LogP contribution in [0.2, 0.25) is 5.02 Å². The van der Waals surface area contributed by atoms with Gasteiger partial charge in [0.05, 0.1) is 11.6 Å². The van der Waals surface area contributed by atoms with Crippen molar-refractivity contribution >= 4 is 34.4 Å². The van der Waals surface area contributed by atoms with Gasteiger partial charge < -0.3 is 14.7 Å². The summed E-state index contributed by atoms with van der Waals surface area (Å²) >= 11 is 6.17. The molecule has 2 aromatic heterocycles. The molecule has 140 valence electrons. The highest BCUT2D eigenvalue weighted by atomic mass is 35.5. The van der Waals surface area contributed by atoms with Crippen LogP contribution in [0.15, 0.2) is 35.1 Å². The van der Waals surface area contributed by atoms with E-state index in [1.807, 2.05) is 31.2 Å². The maximum absolute atomic E-state index is 12.7. The molecule has 0 unspecified atom stereocenters. The molecule has 0 radical (unpaired) electrons. The van der Waals surface area contributed by atoms with Crippen LogP contribution in [0.4, 0.5) is 5.82 Å². The first-order valence-corrected chi connectivity index (χ1v) is 9.34. The summed E-state index contributed by atoms with van der Waals surface area (Å²) in [6.45, 7) is 3.74. The van der Waals surface area contributed by atoms with Gasteiger partial charge in [-0.15, -0.1) is 0 Å². The summed E-state index contributed by atoms with van der Waals surface area (Å²) in [5.41, 5.74) is 2.14. The molecule has 1 amide bonds. The Balaban J connectivity index is 1.47. The Labute approximate surface area is 161 Å². The van der Waals surface area contributed by atoms with Crippen molar-refractivity contribution in [1.82, 2.24) is 20.4 Å². The normalized spacial score (nSPS) is 17.3. The van der Waals surface area contributed by atoms with Gasteiger partial charge in [-0.3, -0.25) is 4.79 Å². The summed E-state index contributed by atoms with van der Waals surface area (Å²) in [5, 5.41) is 8.47. The highest BCUT2D eigenvalue weighted by Crippen LogP contribution is 2.29. The van der Waals surface area contributed by atoms with Crippen molar-refractivity contribution in [3.8, 4) is 0 Å². The standard InChI is InChI=1S/C19H20ClN5O2/c1-12-16-17(22-11-23-19(16)27-24-12)25-8-4-6-14(10-25)18(26)21-9-13-5-2-3-7-15(13)20/h2-3,5,7,11,14H,4,6,8-10H2,1H3,(H,21,26)/t14-/m0/s1. The SMILES string of the molecule is Cc1noc2ncnc(N3CCC[C@H](C(=O)NCc4ccccc4Cl)C3)c12. The van der Waals surface area contributed by atoms with Crippen LogP contribution < -0.4 is 10.2 Å². The molecule has 8 heteroatoms. The van der Waals surface area contributed by atoms with Crippen molar-refractivity contribution in [2.45, 2.75) is 26.3 Å². The maximum Gasteiger partial charge on any atom is 0.263 e. The number of fused-ring (bicyclic) bond motifs is 1. The average molecular weight is 386 g/mol. The Hall–Kier alpha value is -2.67. The molecule has 0 bridgehead atoms. The quantitative estimate of drug-likeness (QED) is 0.742. The monoisotopic (exact) mass is 385 g/mol. The van der Waals surface area contributed by atoms with E-state index in [9.17, 15) is 4.79 Å². The summed E-state index contributed by atoms with van der Waals surface area (Å²) in [4.78, 5) is 23.4. The fourth-order valence-corrected chi connectivity index (χ4v) is 3.70. The first kappa shape index (κ1) is 17.7. The molecule has 4 rings (SSSR count). The lowest BCUT2D eigenvalue weighted by Crippen LogP contribution is -2.43. The van der Waals surface area contributed by atoms with E-state index in [1.54, 1.807) is 0 Å². The lowest BCUT2D eigenvalue weighted by atomic mass is 9.96. The number of hydrogen-bond donors (Lipinski definition) is 1. The minimum atomic E-state index is -0.105. The third-order valence-electron chi connectivity index (χ3n) is 4.93. The molecule has 1 saturated heterocycles. The van der Waals surface area contributed by atoms with Crippen molar-refractivity contribution < 1.29 is 9.32 Å². The number of aromatic nitrogens is 3. The van der Waals surface area contributed by atoms with E-state index >= 15 is 0 Å². The summed E-state index contributed by atoms with van der Waals surface area (Å²) in [6.07, 6.45) is 3.24. The summed E-state index contributed by atoms with van der Waals surface area (Å²) < 4.78 is 5.23. The number of rotatable bonds is 4. The van der Waals surface area contributed by atoms with Gasteiger partial charge in [0.15, 0.2) is 0 Å². The fourth-order valence-electron chi connectivity index (χ4n) is 3.50. The summed E-state index contributed by atoms with van der Waals surface area (Å²) in [5.74, 6) is 0.709. The molecule has 27 heavy (non-hydrogen) atoms. The van der Waals surface area contributed by atoms with Crippen LogP contribution in [0.5, 0.6) is 0 Å². The minimum Gasteiger partial charge on any atom is -0.355 e. The molecule has 1 N–H and O–H groups in total. The Morgan fingerprint density at radius 1 is 1.37 bits per heavy atom. The second kappa shape index (κ2) is 7.52. The predicted octanol–water partition coefficient (Wildman–Crippen LogP) is 3.11. The van der Waals surface area contributed by atoms with Gasteiger partial charge in [-0.1, -0.05) is 35.0 Å². The number of halogens is 1. The van der Waals surface area contributed by atoms with Crippen molar-refractivity contribution in [2.75, 3.05) is 18.0 Å². The number of hydrogen-bond acceptors (Lipinski definition) is 6. The number of carbonyl (C=O) groups excluding carboxylic acids is 1. The zero-order valence-electron chi connectivity index (χ0n) is 15.0.